The summed E-state index contributed by atoms with van der Waals surface area (Å²) in [5.74, 6) is 0.180. The normalized spacial score (nSPS) is 10.7. The Labute approximate surface area is 175 Å². The first-order valence-corrected chi connectivity index (χ1v) is 9.54. The Morgan fingerprint density at radius 3 is 2.60 bits per heavy atom. The van der Waals surface area contributed by atoms with Crippen molar-refractivity contribution in [3.05, 3.63) is 72.3 Å². The predicted molar refractivity (Wildman–Crippen MR) is 117 cm³/mol. The first-order chi connectivity index (χ1) is 14.6. The van der Waals surface area contributed by atoms with Crippen molar-refractivity contribution in [3.63, 3.8) is 0 Å². The van der Waals surface area contributed by atoms with Gasteiger partial charge in [-0.05, 0) is 42.1 Å². The van der Waals surface area contributed by atoms with E-state index in [4.69, 9.17) is 14.2 Å². The van der Waals surface area contributed by atoms with E-state index in [2.05, 4.69) is 5.32 Å². The van der Waals surface area contributed by atoms with Crippen LogP contribution in [0.2, 0.25) is 0 Å². The quantitative estimate of drug-likeness (QED) is 0.443. The monoisotopic (exact) mass is 405 g/mol. The zero-order chi connectivity index (χ0) is 21.3. The Morgan fingerprint density at radius 2 is 1.80 bits per heavy atom. The Morgan fingerprint density at radius 1 is 1.00 bits per heavy atom. The van der Waals surface area contributed by atoms with E-state index in [-0.39, 0.29) is 6.61 Å². The largest absolute Gasteiger partial charge is 0.493 e. The number of anilines is 1. The van der Waals surface area contributed by atoms with E-state index >= 15 is 0 Å². The van der Waals surface area contributed by atoms with Crippen LogP contribution in [-0.4, -0.2) is 32.2 Å². The van der Waals surface area contributed by atoms with Crippen molar-refractivity contribution in [2.75, 3.05) is 25.6 Å². The highest BCUT2D eigenvalue weighted by atomic mass is 16.5. The van der Waals surface area contributed by atoms with E-state index in [0.29, 0.717) is 23.8 Å². The molecule has 0 saturated carbocycles. The van der Waals surface area contributed by atoms with Gasteiger partial charge in [-0.25, -0.2) is 4.79 Å². The summed E-state index contributed by atoms with van der Waals surface area (Å²) < 4.78 is 15.8. The van der Waals surface area contributed by atoms with Crippen molar-refractivity contribution < 1.29 is 23.8 Å². The summed E-state index contributed by atoms with van der Waals surface area (Å²) in [4.78, 5) is 24.2. The van der Waals surface area contributed by atoms with E-state index in [1.807, 2.05) is 49.4 Å². The predicted octanol–water partition coefficient (Wildman–Crippen LogP) is 4.44. The number of carbonyl (C=O) groups excluding carboxylic acids is 2. The third-order valence-electron chi connectivity index (χ3n) is 4.31. The van der Waals surface area contributed by atoms with E-state index < -0.39 is 11.9 Å². The maximum atomic E-state index is 12.2. The molecule has 0 aliphatic heterocycles. The third-order valence-corrected chi connectivity index (χ3v) is 4.31. The Bertz CT molecular complexity index is 1070. The molecule has 0 fully saturated rings. The van der Waals surface area contributed by atoms with Crippen LogP contribution in [0.25, 0.3) is 16.8 Å². The summed E-state index contributed by atoms with van der Waals surface area (Å²) in [5, 5.41) is 4.71. The molecule has 0 spiro atoms. The molecular weight excluding hydrogens is 382 g/mol. The fourth-order valence-electron chi connectivity index (χ4n) is 2.94. The molecule has 0 bridgehead atoms. The third kappa shape index (κ3) is 5.38. The number of methoxy groups -OCH3 is 1. The molecule has 3 aromatic carbocycles. The van der Waals surface area contributed by atoms with Gasteiger partial charge in [-0.1, -0.05) is 42.5 Å². The van der Waals surface area contributed by atoms with Crippen LogP contribution in [0.3, 0.4) is 0 Å². The molecule has 0 aromatic heterocycles. The molecule has 3 rings (SSSR count). The van der Waals surface area contributed by atoms with E-state index in [9.17, 15) is 9.59 Å². The summed E-state index contributed by atoms with van der Waals surface area (Å²) in [6.45, 7) is 2.00. The van der Waals surface area contributed by atoms with Crippen LogP contribution in [0.5, 0.6) is 11.5 Å². The zero-order valence-corrected chi connectivity index (χ0v) is 16.9. The van der Waals surface area contributed by atoms with Crippen molar-refractivity contribution in [2.24, 2.45) is 0 Å². The van der Waals surface area contributed by atoms with Gasteiger partial charge < -0.3 is 19.5 Å². The van der Waals surface area contributed by atoms with Crippen molar-refractivity contribution in [3.8, 4) is 11.5 Å². The molecule has 30 heavy (non-hydrogen) atoms. The Balaban J connectivity index is 1.56. The molecule has 0 aliphatic rings. The van der Waals surface area contributed by atoms with Crippen molar-refractivity contribution >= 4 is 34.4 Å². The highest BCUT2D eigenvalue weighted by molar-refractivity contribution is 6.03. The van der Waals surface area contributed by atoms with Crippen LogP contribution in [0.1, 0.15) is 12.5 Å². The number of hydrogen-bond acceptors (Lipinski definition) is 5. The maximum absolute atomic E-state index is 12.2. The topological polar surface area (TPSA) is 73.9 Å². The average Bonchev–Trinajstić information content (AvgIpc) is 2.77. The minimum atomic E-state index is -0.614. The number of rotatable bonds is 8. The second kappa shape index (κ2) is 10.1. The molecule has 0 heterocycles. The Kier molecular flexibility index (Phi) is 7.05. The number of benzene rings is 3. The molecule has 1 amide bonds. The van der Waals surface area contributed by atoms with Gasteiger partial charge in [0.05, 0.1) is 13.7 Å². The van der Waals surface area contributed by atoms with Crippen LogP contribution in [-0.2, 0) is 14.3 Å². The molecule has 1 N–H and O–H groups in total. The van der Waals surface area contributed by atoms with Gasteiger partial charge in [-0.15, -0.1) is 0 Å². The second-order valence-electron chi connectivity index (χ2n) is 6.36. The van der Waals surface area contributed by atoms with Crippen LogP contribution >= 0.6 is 0 Å². The number of esters is 1. The Hall–Kier alpha value is -3.80. The number of fused-ring (bicyclic) bond motifs is 1. The lowest BCUT2D eigenvalue weighted by molar-refractivity contribution is -0.142. The van der Waals surface area contributed by atoms with E-state index in [0.717, 1.165) is 16.3 Å². The zero-order valence-electron chi connectivity index (χ0n) is 16.9. The molecule has 6 nitrogen and oxygen atoms in total. The molecule has 154 valence electrons. The van der Waals surface area contributed by atoms with Gasteiger partial charge in [0.25, 0.3) is 5.91 Å². The van der Waals surface area contributed by atoms with Gasteiger partial charge in [-0.3, -0.25) is 4.79 Å². The van der Waals surface area contributed by atoms with Crippen LogP contribution in [0, 0.1) is 0 Å². The maximum Gasteiger partial charge on any atom is 0.331 e. The smallest absolute Gasteiger partial charge is 0.331 e. The van der Waals surface area contributed by atoms with Crippen LogP contribution < -0.4 is 14.8 Å². The van der Waals surface area contributed by atoms with Crippen LogP contribution in [0.15, 0.2) is 66.7 Å². The van der Waals surface area contributed by atoms with Gasteiger partial charge >= 0.3 is 5.97 Å². The molecule has 6 heteroatoms. The first kappa shape index (κ1) is 20.9. The summed E-state index contributed by atoms with van der Waals surface area (Å²) in [7, 11) is 1.56. The molecule has 3 aromatic rings. The second-order valence-corrected chi connectivity index (χ2v) is 6.36. The number of nitrogens with one attached hydrogen (secondary N) is 1. The van der Waals surface area contributed by atoms with Crippen LogP contribution in [0.4, 0.5) is 5.69 Å². The summed E-state index contributed by atoms with van der Waals surface area (Å²) in [5.41, 5.74) is 1.42. The summed E-state index contributed by atoms with van der Waals surface area (Å²) >= 11 is 0. The minimum absolute atomic E-state index is 0.376. The minimum Gasteiger partial charge on any atom is -0.493 e. The van der Waals surface area contributed by atoms with Crippen molar-refractivity contribution in [1.82, 2.24) is 0 Å². The highest BCUT2D eigenvalue weighted by Crippen LogP contribution is 2.28. The van der Waals surface area contributed by atoms with Gasteiger partial charge in [-0.2, -0.15) is 0 Å². The highest BCUT2D eigenvalue weighted by Gasteiger charge is 2.08. The van der Waals surface area contributed by atoms with Crippen molar-refractivity contribution in [2.45, 2.75) is 6.92 Å². The standard InChI is InChI=1S/C24H23NO5/c1-3-29-22-15-17(11-13-21(22)28-2)12-14-24(27)30-16-23(26)25-20-10-6-8-18-7-4-5-9-19(18)20/h4-15H,3,16H2,1-2H3,(H,25,26)/b14-12+. The van der Waals surface area contributed by atoms with Gasteiger partial charge in [0.2, 0.25) is 0 Å². The average molecular weight is 405 g/mol. The molecule has 0 aliphatic carbocycles. The lowest BCUT2D eigenvalue weighted by atomic mass is 10.1. The lowest BCUT2D eigenvalue weighted by Gasteiger charge is -2.09. The molecule has 0 radical (unpaired) electrons. The van der Waals surface area contributed by atoms with Gasteiger partial charge in [0.15, 0.2) is 18.1 Å². The fourth-order valence-corrected chi connectivity index (χ4v) is 2.94. The molecular formula is C24H23NO5. The first-order valence-electron chi connectivity index (χ1n) is 9.54. The van der Waals surface area contributed by atoms with E-state index in [1.165, 1.54) is 6.08 Å². The molecule has 0 atom stereocenters. The van der Waals surface area contributed by atoms with Crippen molar-refractivity contribution in [1.29, 1.82) is 0 Å². The SMILES string of the molecule is CCOc1cc(/C=C/C(=O)OCC(=O)Nc2cccc3ccccc23)ccc1OC. The number of ether oxygens (including phenoxy) is 3. The molecule has 0 saturated heterocycles. The van der Waals surface area contributed by atoms with Gasteiger partial charge in [0, 0.05) is 17.1 Å². The number of amides is 1. The summed E-state index contributed by atoms with van der Waals surface area (Å²) in [6.07, 6.45) is 2.86. The summed E-state index contributed by atoms with van der Waals surface area (Å²) in [6, 6.07) is 18.7. The number of carbonyl (C=O) groups is 2. The fraction of sp³-hybridized carbons (Fsp3) is 0.167. The lowest BCUT2D eigenvalue weighted by Crippen LogP contribution is -2.20. The molecule has 0 unspecified atom stereocenters. The number of hydrogen-bond donors (Lipinski definition) is 1. The van der Waals surface area contributed by atoms with E-state index in [1.54, 1.807) is 31.4 Å². The van der Waals surface area contributed by atoms with Gasteiger partial charge in [0.1, 0.15) is 0 Å².